The number of aliphatic carboxylic acids is 1. The third kappa shape index (κ3) is 3.61. The van der Waals surface area contributed by atoms with Gasteiger partial charge in [-0.15, -0.1) is 0 Å². The molecule has 5 rings (SSSR count). The van der Waals surface area contributed by atoms with Gasteiger partial charge in [-0.3, -0.25) is 19.2 Å². The summed E-state index contributed by atoms with van der Waals surface area (Å²) >= 11 is 0. The van der Waals surface area contributed by atoms with Gasteiger partial charge in [0, 0.05) is 34.0 Å². The van der Waals surface area contributed by atoms with Crippen molar-refractivity contribution in [1.82, 2.24) is 4.57 Å². The number of hydrogen-bond donors (Lipinski definition) is 2. The van der Waals surface area contributed by atoms with Crippen LogP contribution in [0.3, 0.4) is 0 Å². The lowest BCUT2D eigenvalue weighted by Gasteiger charge is -2.28. The van der Waals surface area contributed by atoms with Crippen LogP contribution in [0.4, 0.5) is 11.4 Å². The highest BCUT2D eigenvalue weighted by Crippen LogP contribution is 2.35. The van der Waals surface area contributed by atoms with Gasteiger partial charge in [-0.25, -0.2) is 8.42 Å². The van der Waals surface area contributed by atoms with Crippen molar-refractivity contribution in [1.29, 1.82) is 0 Å². The normalized spacial score (nSPS) is 13.7. The molecule has 174 valence electrons. The van der Waals surface area contributed by atoms with Crippen LogP contribution in [0.2, 0.25) is 0 Å². The standard InChI is InChI=1S/C24H21N3O6S/c1-2-26-19-6-4-3-5-17(19)18-11-15(7-9-20(18)26)25-34(31,32)16-8-10-22-21(12-16)27(13-24(29)30)23(28)14-33-22/h3-12,25H,2,13-14H2,1H3,(H,29,30). The van der Waals surface area contributed by atoms with Gasteiger partial charge in [-0.2, -0.15) is 0 Å². The summed E-state index contributed by atoms with van der Waals surface area (Å²) in [6, 6.07) is 17.3. The van der Waals surface area contributed by atoms with Gasteiger partial charge in [0.25, 0.3) is 15.9 Å². The molecule has 0 aliphatic carbocycles. The number of fused-ring (bicyclic) bond motifs is 4. The summed E-state index contributed by atoms with van der Waals surface area (Å²) in [7, 11) is -4.03. The molecule has 0 radical (unpaired) electrons. The van der Waals surface area contributed by atoms with Crippen molar-refractivity contribution in [3.8, 4) is 5.75 Å². The molecule has 2 N–H and O–H groups in total. The van der Waals surface area contributed by atoms with Crippen molar-refractivity contribution < 1.29 is 27.9 Å². The third-order valence-corrected chi connectivity index (χ3v) is 7.20. The summed E-state index contributed by atoms with van der Waals surface area (Å²) in [5.41, 5.74) is 2.56. The molecule has 0 bridgehead atoms. The first-order chi connectivity index (χ1) is 16.3. The second kappa shape index (κ2) is 8.07. The van der Waals surface area contributed by atoms with Gasteiger partial charge in [0.1, 0.15) is 12.3 Å². The lowest BCUT2D eigenvalue weighted by atomic mass is 10.1. The molecular formula is C24H21N3O6S. The first kappa shape index (κ1) is 21.8. The quantitative estimate of drug-likeness (QED) is 0.438. The monoisotopic (exact) mass is 479 g/mol. The van der Waals surface area contributed by atoms with Crippen LogP contribution < -0.4 is 14.4 Å². The lowest BCUT2D eigenvalue weighted by molar-refractivity contribution is -0.137. The van der Waals surface area contributed by atoms with E-state index in [1.165, 1.54) is 18.2 Å². The number of carboxylic acid groups (broad SMARTS) is 1. The molecule has 0 saturated heterocycles. The van der Waals surface area contributed by atoms with Crippen LogP contribution in [-0.2, 0) is 26.2 Å². The maximum absolute atomic E-state index is 13.2. The lowest BCUT2D eigenvalue weighted by Crippen LogP contribution is -2.42. The zero-order valence-electron chi connectivity index (χ0n) is 18.2. The summed E-state index contributed by atoms with van der Waals surface area (Å²) in [5.74, 6) is -1.53. The molecular weight excluding hydrogens is 458 g/mol. The minimum atomic E-state index is -4.03. The number of nitrogens with zero attached hydrogens (tertiary/aromatic N) is 2. The number of nitrogens with one attached hydrogen (secondary N) is 1. The van der Waals surface area contributed by atoms with E-state index < -0.39 is 28.4 Å². The molecule has 1 aliphatic heterocycles. The van der Waals surface area contributed by atoms with Gasteiger partial charge in [-0.05, 0) is 49.4 Å². The first-order valence-electron chi connectivity index (χ1n) is 10.6. The van der Waals surface area contributed by atoms with Gasteiger partial charge >= 0.3 is 5.97 Å². The Morgan fingerprint density at radius 3 is 2.59 bits per heavy atom. The average Bonchev–Trinajstić information content (AvgIpc) is 3.13. The number of aryl methyl sites for hydroxylation is 1. The molecule has 10 heteroatoms. The summed E-state index contributed by atoms with van der Waals surface area (Å²) in [6.45, 7) is 1.93. The third-order valence-electron chi connectivity index (χ3n) is 5.82. The second-order valence-corrected chi connectivity index (χ2v) is 9.57. The number of sulfonamides is 1. The number of aromatic nitrogens is 1. The Balaban J connectivity index is 1.53. The van der Waals surface area contributed by atoms with E-state index >= 15 is 0 Å². The van der Waals surface area contributed by atoms with Gasteiger partial charge in [0.2, 0.25) is 0 Å². The molecule has 1 aliphatic rings. The van der Waals surface area contributed by atoms with Crippen LogP contribution in [-0.4, -0.2) is 43.1 Å². The Hall–Kier alpha value is -4.05. The molecule has 2 heterocycles. The van der Waals surface area contributed by atoms with Crippen molar-refractivity contribution in [3.63, 3.8) is 0 Å². The molecule has 4 aromatic rings. The zero-order chi connectivity index (χ0) is 24.0. The summed E-state index contributed by atoms with van der Waals surface area (Å²) in [5, 5.41) is 11.1. The molecule has 0 atom stereocenters. The van der Waals surface area contributed by atoms with Crippen LogP contribution >= 0.6 is 0 Å². The highest BCUT2D eigenvalue weighted by atomic mass is 32.2. The molecule has 0 spiro atoms. The highest BCUT2D eigenvalue weighted by Gasteiger charge is 2.29. The highest BCUT2D eigenvalue weighted by molar-refractivity contribution is 7.92. The van der Waals surface area contributed by atoms with Crippen LogP contribution in [0.25, 0.3) is 21.8 Å². The van der Waals surface area contributed by atoms with E-state index in [2.05, 4.69) is 16.2 Å². The average molecular weight is 480 g/mol. The molecule has 34 heavy (non-hydrogen) atoms. The molecule has 0 saturated carbocycles. The number of para-hydroxylation sites is 1. The molecule has 0 unspecified atom stereocenters. The van der Waals surface area contributed by atoms with E-state index in [9.17, 15) is 18.0 Å². The van der Waals surface area contributed by atoms with Gasteiger partial charge in [0.15, 0.2) is 6.61 Å². The SMILES string of the molecule is CCn1c2ccccc2c2cc(NS(=O)(=O)c3ccc4c(c3)N(CC(=O)O)C(=O)CO4)ccc21. The Kier molecular flexibility index (Phi) is 5.17. The number of rotatable bonds is 6. The Morgan fingerprint density at radius 1 is 1.06 bits per heavy atom. The van der Waals surface area contributed by atoms with Crippen molar-refractivity contribution >= 4 is 55.1 Å². The van der Waals surface area contributed by atoms with Crippen molar-refractivity contribution in [2.45, 2.75) is 18.4 Å². The maximum Gasteiger partial charge on any atom is 0.323 e. The van der Waals surface area contributed by atoms with Gasteiger partial charge < -0.3 is 14.4 Å². The number of carbonyl (C=O) groups excluding carboxylic acids is 1. The molecule has 0 fully saturated rings. The van der Waals surface area contributed by atoms with E-state index in [0.717, 1.165) is 33.3 Å². The molecule has 1 aromatic heterocycles. The Morgan fingerprint density at radius 2 is 1.82 bits per heavy atom. The van der Waals surface area contributed by atoms with Gasteiger partial charge in [-0.1, -0.05) is 18.2 Å². The van der Waals surface area contributed by atoms with Crippen LogP contribution in [0.1, 0.15) is 6.92 Å². The van der Waals surface area contributed by atoms with Crippen molar-refractivity contribution in [2.24, 2.45) is 0 Å². The number of anilines is 2. The number of carbonyl (C=O) groups is 2. The number of ether oxygens (including phenoxy) is 1. The van der Waals surface area contributed by atoms with E-state index in [0.29, 0.717) is 5.69 Å². The van der Waals surface area contributed by atoms with Crippen LogP contribution in [0.15, 0.2) is 65.6 Å². The van der Waals surface area contributed by atoms with Crippen molar-refractivity contribution in [3.05, 3.63) is 60.7 Å². The molecule has 3 aromatic carbocycles. The second-order valence-electron chi connectivity index (χ2n) is 7.89. The number of hydrogen-bond acceptors (Lipinski definition) is 5. The topological polar surface area (TPSA) is 118 Å². The predicted octanol–water partition coefficient (Wildman–Crippen LogP) is 3.43. The summed E-state index contributed by atoms with van der Waals surface area (Å²) < 4.78 is 36.5. The minimum Gasteiger partial charge on any atom is -0.482 e. The molecule has 9 nitrogen and oxygen atoms in total. The minimum absolute atomic E-state index is 0.1000. The fourth-order valence-electron chi connectivity index (χ4n) is 4.33. The maximum atomic E-state index is 13.2. The van der Waals surface area contributed by atoms with E-state index in [4.69, 9.17) is 9.84 Å². The van der Waals surface area contributed by atoms with Crippen LogP contribution in [0.5, 0.6) is 5.75 Å². The Labute approximate surface area is 195 Å². The summed E-state index contributed by atoms with van der Waals surface area (Å²) in [4.78, 5) is 24.3. The predicted molar refractivity (Wildman–Crippen MR) is 128 cm³/mol. The number of amides is 1. The zero-order valence-corrected chi connectivity index (χ0v) is 19.0. The fourth-order valence-corrected chi connectivity index (χ4v) is 5.40. The van der Waals surface area contributed by atoms with Crippen LogP contribution in [0, 0.1) is 0 Å². The van der Waals surface area contributed by atoms with Gasteiger partial charge in [0.05, 0.1) is 10.6 Å². The number of carboxylic acids is 1. The first-order valence-corrected chi connectivity index (χ1v) is 12.1. The van der Waals surface area contributed by atoms with E-state index in [1.807, 2.05) is 30.3 Å². The smallest absolute Gasteiger partial charge is 0.323 e. The molecule has 1 amide bonds. The Bertz CT molecular complexity index is 1570. The van der Waals surface area contributed by atoms with E-state index in [-0.39, 0.29) is 22.9 Å². The number of benzene rings is 3. The summed E-state index contributed by atoms with van der Waals surface area (Å²) in [6.07, 6.45) is 0. The van der Waals surface area contributed by atoms with E-state index in [1.54, 1.807) is 12.1 Å². The largest absolute Gasteiger partial charge is 0.482 e. The van der Waals surface area contributed by atoms with Crippen molar-refractivity contribution in [2.75, 3.05) is 22.8 Å². The fraction of sp³-hybridized carbons (Fsp3) is 0.167.